The van der Waals surface area contributed by atoms with Crippen molar-refractivity contribution in [2.75, 3.05) is 11.9 Å². The number of nitrogens with one attached hydrogen (secondary N) is 1. The van der Waals surface area contributed by atoms with Crippen LogP contribution in [-0.4, -0.2) is 29.2 Å². The van der Waals surface area contributed by atoms with Gasteiger partial charge in [0.2, 0.25) is 0 Å². The van der Waals surface area contributed by atoms with E-state index in [0.717, 1.165) is 0 Å². The van der Waals surface area contributed by atoms with Crippen LogP contribution in [0.2, 0.25) is 0 Å². The third-order valence-corrected chi connectivity index (χ3v) is 2.74. The Morgan fingerprint density at radius 3 is 2.50 bits per heavy atom. The molecule has 22 heavy (non-hydrogen) atoms. The number of hydrogen-bond acceptors (Lipinski definition) is 6. The SMILES string of the molecule is CC(=O)CCC(=O)OCC(=O)Nc1ccc([N+](=O)[O-])cc1C. The summed E-state index contributed by atoms with van der Waals surface area (Å²) in [5.74, 6) is -1.33. The third-order valence-electron chi connectivity index (χ3n) is 2.74. The number of Topliss-reactive ketones (excluding diaryl/α,β-unsaturated/α-hetero) is 1. The van der Waals surface area contributed by atoms with Gasteiger partial charge in [-0.1, -0.05) is 0 Å². The molecular formula is C14H16N2O6. The fourth-order valence-electron chi connectivity index (χ4n) is 1.58. The van der Waals surface area contributed by atoms with Crippen molar-refractivity contribution in [1.29, 1.82) is 0 Å². The number of rotatable bonds is 7. The van der Waals surface area contributed by atoms with E-state index in [2.05, 4.69) is 5.32 Å². The summed E-state index contributed by atoms with van der Waals surface area (Å²) in [5, 5.41) is 13.1. The maximum Gasteiger partial charge on any atom is 0.306 e. The standard InChI is InChI=1S/C14H16N2O6/c1-9-7-11(16(20)21)4-5-12(9)15-13(18)8-22-14(19)6-3-10(2)17/h4-5,7H,3,6,8H2,1-2H3,(H,15,18). The number of carbonyl (C=O) groups excluding carboxylic acids is 3. The highest BCUT2D eigenvalue weighted by atomic mass is 16.6. The average Bonchev–Trinajstić information content (AvgIpc) is 2.44. The lowest BCUT2D eigenvalue weighted by molar-refractivity contribution is -0.384. The predicted molar refractivity (Wildman–Crippen MR) is 77.3 cm³/mol. The van der Waals surface area contributed by atoms with Crippen molar-refractivity contribution in [1.82, 2.24) is 0 Å². The number of ether oxygens (including phenoxy) is 1. The van der Waals surface area contributed by atoms with Crippen LogP contribution in [0.1, 0.15) is 25.3 Å². The summed E-state index contributed by atoms with van der Waals surface area (Å²) < 4.78 is 4.72. The smallest absolute Gasteiger partial charge is 0.306 e. The summed E-state index contributed by atoms with van der Waals surface area (Å²) in [6, 6.07) is 4.00. The van der Waals surface area contributed by atoms with Crippen molar-refractivity contribution < 1.29 is 24.0 Å². The van der Waals surface area contributed by atoms with Gasteiger partial charge < -0.3 is 14.8 Å². The molecule has 1 aromatic carbocycles. The van der Waals surface area contributed by atoms with Crippen LogP contribution in [0.15, 0.2) is 18.2 Å². The van der Waals surface area contributed by atoms with E-state index in [-0.39, 0.29) is 24.3 Å². The number of esters is 1. The second kappa shape index (κ2) is 7.87. The number of ketones is 1. The first-order chi connectivity index (χ1) is 10.3. The third kappa shape index (κ3) is 5.70. The fourth-order valence-corrected chi connectivity index (χ4v) is 1.58. The molecule has 0 aromatic heterocycles. The molecule has 1 amide bonds. The van der Waals surface area contributed by atoms with Gasteiger partial charge in [-0.2, -0.15) is 0 Å². The Bertz CT molecular complexity index is 611. The van der Waals surface area contributed by atoms with Gasteiger partial charge in [0.05, 0.1) is 11.3 Å². The Morgan fingerprint density at radius 2 is 1.95 bits per heavy atom. The van der Waals surface area contributed by atoms with Crippen molar-refractivity contribution in [2.24, 2.45) is 0 Å². The van der Waals surface area contributed by atoms with E-state index >= 15 is 0 Å². The number of aryl methyl sites for hydroxylation is 1. The zero-order valence-electron chi connectivity index (χ0n) is 12.3. The second-order valence-corrected chi connectivity index (χ2v) is 4.67. The van der Waals surface area contributed by atoms with Gasteiger partial charge in [-0.25, -0.2) is 0 Å². The lowest BCUT2D eigenvalue weighted by Crippen LogP contribution is -2.21. The van der Waals surface area contributed by atoms with Gasteiger partial charge in [0.25, 0.3) is 11.6 Å². The number of amides is 1. The Morgan fingerprint density at radius 1 is 1.27 bits per heavy atom. The fraction of sp³-hybridized carbons (Fsp3) is 0.357. The monoisotopic (exact) mass is 308 g/mol. The molecule has 0 saturated carbocycles. The molecule has 0 fully saturated rings. The Labute approximate surface area is 126 Å². The van der Waals surface area contributed by atoms with Gasteiger partial charge in [-0.3, -0.25) is 19.7 Å². The number of carbonyl (C=O) groups is 3. The molecule has 0 atom stereocenters. The topological polar surface area (TPSA) is 116 Å². The first-order valence-electron chi connectivity index (χ1n) is 6.49. The molecule has 1 aromatic rings. The molecule has 0 heterocycles. The van der Waals surface area contributed by atoms with Crippen LogP contribution in [0, 0.1) is 17.0 Å². The van der Waals surface area contributed by atoms with E-state index in [1.54, 1.807) is 6.92 Å². The van der Waals surface area contributed by atoms with Crippen LogP contribution < -0.4 is 5.32 Å². The molecule has 1 rings (SSSR count). The minimum Gasteiger partial charge on any atom is -0.456 e. The average molecular weight is 308 g/mol. The number of non-ortho nitro benzene ring substituents is 1. The number of nitrogens with zero attached hydrogens (tertiary/aromatic N) is 1. The first kappa shape index (κ1) is 17.3. The van der Waals surface area contributed by atoms with Gasteiger partial charge in [-0.15, -0.1) is 0 Å². The molecule has 0 saturated heterocycles. The molecular weight excluding hydrogens is 292 g/mol. The van der Waals surface area contributed by atoms with Crippen LogP contribution in [0.3, 0.4) is 0 Å². The maximum atomic E-state index is 11.6. The molecule has 0 aliphatic rings. The number of benzene rings is 1. The van der Waals surface area contributed by atoms with E-state index in [9.17, 15) is 24.5 Å². The van der Waals surface area contributed by atoms with Crippen molar-refractivity contribution >= 4 is 29.0 Å². The highest BCUT2D eigenvalue weighted by molar-refractivity contribution is 5.93. The van der Waals surface area contributed by atoms with Crippen LogP contribution in [0.5, 0.6) is 0 Å². The van der Waals surface area contributed by atoms with Crippen LogP contribution >= 0.6 is 0 Å². The largest absolute Gasteiger partial charge is 0.456 e. The van der Waals surface area contributed by atoms with Gasteiger partial charge in [0.15, 0.2) is 6.61 Å². The zero-order valence-corrected chi connectivity index (χ0v) is 12.3. The molecule has 0 bridgehead atoms. The summed E-state index contributed by atoms with van der Waals surface area (Å²) in [6.07, 6.45) is 0.00108. The second-order valence-electron chi connectivity index (χ2n) is 4.67. The number of hydrogen-bond donors (Lipinski definition) is 1. The van der Waals surface area contributed by atoms with Crippen molar-refractivity contribution in [3.8, 4) is 0 Å². The van der Waals surface area contributed by atoms with Gasteiger partial charge in [-0.05, 0) is 25.5 Å². The molecule has 0 aliphatic carbocycles. The zero-order chi connectivity index (χ0) is 16.7. The summed E-state index contributed by atoms with van der Waals surface area (Å²) in [6.45, 7) is 2.49. The van der Waals surface area contributed by atoms with E-state index in [1.807, 2.05) is 0 Å². The normalized spacial score (nSPS) is 9.91. The van der Waals surface area contributed by atoms with Crippen LogP contribution in [-0.2, 0) is 19.1 Å². The summed E-state index contributed by atoms with van der Waals surface area (Å²) in [7, 11) is 0. The Hall–Kier alpha value is -2.77. The quantitative estimate of drug-likeness (QED) is 0.466. The molecule has 8 heteroatoms. The van der Waals surface area contributed by atoms with E-state index < -0.39 is 23.4 Å². The number of nitro groups is 1. The molecule has 1 N–H and O–H groups in total. The summed E-state index contributed by atoms with van der Waals surface area (Å²) >= 11 is 0. The lowest BCUT2D eigenvalue weighted by atomic mass is 10.2. The molecule has 0 radical (unpaired) electrons. The van der Waals surface area contributed by atoms with E-state index in [1.165, 1.54) is 25.1 Å². The number of anilines is 1. The van der Waals surface area contributed by atoms with Gasteiger partial charge >= 0.3 is 5.97 Å². The van der Waals surface area contributed by atoms with Gasteiger partial charge in [0.1, 0.15) is 5.78 Å². The predicted octanol–water partition coefficient (Wildman–Crippen LogP) is 1.75. The molecule has 0 spiro atoms. The minimum absolute atomic E-state index is 0.0703. The Kier molecular flexibility index (Phi) is 6.18. The summed E-state index contributed by atoms with van der Waals surface area (Å²) in [5.41, 5.74) is 0.840. The molecule has 8 nitrogen and oxygen atoms in total. The highest BCUT2D eigenvalue weighted by Gasteiger charge is 2.12. The lowest BCUT2D eigenvalue weighted by Gasteiger charge is -2.08. The summed E-state index contributed by atoms with van der Waals surface area (Å²) in [4.78, 5) is 43.7. The highest BCUT2D eigenvalue weighted by Crippen LogP contribution is 2.21. The molecule has 118 valence electrons. The van der Waals surface area contributed by atoms with Crippen LogP contribution in [0.25, 0.3) is 0 Å². The maximum absolute atomic E-state index is 11.6. The van der Waals surface area contributed by atoms with Crippen molar-refractivity contribution in [3.63, 3.8) is 0 Å². The Balaban J connectivity index is 2.50. The van der Waals surface area contributed by atoms with Gasteiger partial charge in [0, 0.05) is 24.2 Å². The van der Waals surface area contributed by atoms with Crippen molar-refractivity contribution in [2.45, 2.75) is 26.7 Å². The molecule has 0 unspecified atom stereocenters. The minimum atomic E-state index is -0.634. The van der Waals surface area contributed by atoms with Crippen molar-refractivity contribution in [3.05, 3.63) is 33.9 Å². The number of nitro benzene ring substituents is 1. The molecule has 0 aliphatic heterocycles. The van der Waals surface area contributed by atoms with Crippen LogP contribution in [0.4, 0.5) is 11.4 Å². The first-order valence-corrected chi connectivity index (χ1v) is 6.49. The van der Waals surface area contributed by atoms with E-state index in [4.69, 9.17) is 4.74 Å². The van der Waals surface area contributed by atoms with E-state index in [0.29, 0.717) is 11.3 Å².